The molecule has 0 saturated heterocycles. The molecule has 0 amide bonds. The minimum absolute atomic E-state index is 0.122. The van der Waals surface area contributed by atoms with Crippen molar-refractivity contribution in [1.82, 2.24) is 0 Å². The number of esters is 1. The van der Waals surface area contributed by atoms with E-state index >= 15 is 0 Å². The molecule has 24 heavy (non-hydrogen) atoms. The Kier molecular flexibility index (Phi) is 4.80. The first-order valence-electron chi connectivity index (χ1n) is 8.13. The lowest BCUT2D eigenvalue weighted by molar-refractivity contribution is 0.0734. The normalized spacial score (nSPS) is 11.9. The predicted molar refractivity (Wildman–Crippen MR) is 95.7 cm³/mol. The summed E-state index contributed by atoms with van der Waals surface area (Å²) in [5, 5.41) is 2.11. The van der Waals surface area contributed by atoms with Crippen molar-refractivity contribution in [2.24, 2.45) is 0 Å². The van der Waals surface area contributed by atoms with Gasteiger partial charge in [-0.25, -0.2) is 4.79 Å². The summed E-state index contributed by atoms with van der Waals surface area (Å²) >= 11 is 0. The molecule has 0 fully saturated rings. The molecule has 3 rings (SSSR count). The minimum atomic E-state index is -0.374. The van der Waals surface area contributed by atoms with Crippen molar-refractivity contribution in [3.05, 3.63) is 72.3 Å². The number of carbonyl (C=O) groups excluding carboxylic acids is 1. The van der Waals surface area contributed by atoms with Crippen LogP contribution in [0.2, 0.25) is 0 Å². The summed E-state index contributed by atoms with van der Waals surface area (Å²) in [7, 11) is 0. The molecule has 3 heteroatoms. The van der Waals surface area contributed by atoms with Crippen LogP contribution in [0.4, 0.5) is 0 Å². The molecule has 0 radical (unpaired) electrons. The molecular weight excluding hydrogens is 300 g/mol. The van der Waals surface area contributed by atoms with Gasteiger partial charge in [0.2, 0.25) is 0 Å². The van der Waals surface area contributed by atoms with Crippen molar-refractivity contribution in [3.8, 4) is 11.5 Å². The van der Waals surface area contributed by atoms with E-state index in [2.05, 4.69) is 6.92 Å². The van der Waals surface area contributed by atoms with Crippen molar-refractivity contribution in [1.29, 1.82) is 0 Å². The van der Waals surface area contributed by atoms with E-state index in [0.29, 0.717) is 17.1 Å². The van der Waals surface area contributed by atoms with Gasteiger partial charge in [-0.2, -0.15) is 0 Å². The van der Waals surface area contributed by atoms with Gasteiger partial charge in [-0.05, 0) is 48.4 Å². The Morgan fingerprint density at radius 3 is 2.46 bits per heavy atom. The molecule has 0 aliphatic carbocycles. The first-order chi connectivity index (χ1) is 11.7. The first-order valence-corrected chi connectivity index (χ1v) is 8.13. The van der Waals surface area contributed by atoms with Gasteiger partial charge in [0, 0.05) is 6.07 Å². The quantitative estimate of drug-likeness (QED) is 0.476. The fraction of sp³-hybridized carbons (Fsp3) is 0.190. The standard InChI is InChI=1S/C21H20O3/c1-3-15(2)23-19-9-6-10-20(14-19)24-21(22)18-12-11-16-7-4-5-8-17(16)13-18/h4-15H,3H2,1-2H3. The second-order valence-corrected chi connectivity index (χ2v) is 5.76. The molecule has 0 aliphatic heterocycles. The lowest BCUT2D eigenvalue weighted by atomic mass is 10.1. The van der Waals surface area contributed by atoms with Gasteiger partial charge in [0.05, 0.1) is 11.7 Å². The van der Waals surface area contributed by atoms with Crippen LogP contribution in [0.25, 0.3) is 10.8 Å². The van der Waals surface area contributed by atoms with E-state index in [1.165, 1.54) is 0 Å². The van der Waals surface area contributed by atoms with Crippen LogP contribution < -0.4 is 9.47 Å². The van der Waals surface area contributed by atoms with E-state index in [1.54, 1.807) is 18.2 Å². The van der Waals surface area contributed by atoms with Gasteiger partial charge in [0.1, 0.15) is 11.5 Å². The van der Waals surface area contributed by atoms with Crippen LogP contribution in [0.3, 0.4) is 0 Å². The zero-order valence-electron chi connectivity index (χ0n) is 13.9. The molecule has 0 N–H and O–H groups in total. The highest BCUT2D eigenvalue weighted by Gasteiger charge is 2.10. The number of hydrogen-bond donors (Lipinski definition) is 0. The summed E-state index contributed by atoms with van der Waals surface area (Å²) in [6, 6.07) is 20.6. The Balaban J connectivity index is 1.77. The first kappa shape index (κ1) is 16.1. The van der Waals surface area contributed by atoms with Gasteiger partial charge >= 0.3 is 5.97 Å². The SMILES string of the molecule is CCC(C)Oc1cccc(OC(=O)c2ccc3ccccc3c2)c1. The van der Waals surface area contributed by atoms with E-state index in [0.717, 1.165) is 17.2 Å². The van der Waals surface area contributed by atoms with Gasteiger partial charge in [-0.1, -0.05) is 43.3 Å². The molecule has 1 unspecified atom stereocenters. The number of fused-ring (bicyclic) bond motifs is 1. The van der Waals surface area contributed by atoms with Crippen molar-refractivity contribution in [3.63, 3.8) is 0 Å². The zero-order chi connectivity index (χ0) is 16.9. The Morgan fingerprint density at radius 1 is 0.917 bits per heavy atom. The predicted octanol–water partition coefficient (Wildman–Crippen LogP) is 5.24. The van der Waals surface area contributed by atoms with Crippen LogP contribution in [-0.4, -0.2) is 12.1 Å². The van der Waals surface area contributed by atoms with E-state index in [1.807, 2.05) is 55.5 Å². The van der Waals surface area contributed by atoms with Gasteiger partial charge in [-0.15, -0.1) is 0 Å². The maximum absolute atomic E-state index is 12.4. The second kappa shape index (κ2) is 7.18. The van der Waals surface area contributed by atoms with Crippen molar-refractivity contribution < 1.29 is 14.3 Å². The maximum atomic E-state index is 12.4. The fourth-order valence-corrected chi connectivity index (χ4v) is 2.41. The number of ether oxygens (including phenoxy) is 2. The molecule has 3 aromatic carbocycles. The molecule has 0 spiro atoms. The minimum Gasteiger partial charge on any atom is -0.491 e. The van der Waals surface area contributed by atoms with E-state index in [4.69, 9.17) is 9.47 Å². The second-order valence-electron chi connectivity index (χ2n) is 5.76. The summed E-state index contributed by atoms with van der Waals surface area (Å²) in [6.07, 6.45) is 1.04. The highest BCUT2D eigenvalue weighted by molar-refractivity contribution is 5.96. The van der Waals surface area contributed by atoms with Crippen LogP contribution in [0, 0.1) is 0 Å². The van der Waals surface area contributed by atoms with Crippen molar-refractivity contribution in [2.75, 3.05) is 0 Å². The van der Waals surface area contributed by atoms with Gasteiger partial charge < -0.3 is 9.47 Å². The summed E-state index contributed by atoms with van der Waals surface area (Å²) < 4.78 is 11.2. The summed E-state index contributed by atoms with van der Waals surface area (Å²) in [4.78, 5) is 12.4. The summed E-state index contributed by atoms with van der Waals surface area (Å²) in [5.74, 6) is 0.809. The van der Waals surface area contributed by atoms with Crippen LogP contribution in [0.1, 0.15) is 30.6 Å². The van der Waals surface area contributed by atoms with Crippen LogP contribution in [-0.2, 0) is 0 Å². The number of hydrogen-bond acceptors (Lipinski definition) is 3. The third kappa shape index (κ3) is 3.74. The molecule has 0 heterocycles. The third-order valence-corrected chi connectivity index (χ3v) is 3.91. The van der Waals surface area contributed by atoms with Crippen molar-refractivity contribution >= 4 is 16.7 Å². The molecule has 0 bridgehead atoms. The van der Waals surface area contributed by atoms with Gasteiger partial charge in [0.15, 0.2) is 0 Å². The molecule has 122 valence electrons. The molecule has 0 aliphatic rings. The largest absolute Gasteiger partial charge is 0.491 e. The van der Waals surface area contributed by atoms with Crippen LogP contribution >= 0.6 is 0 Å². The fourth-order valence-electron chi connectivity index (χ4n) is 2.41. The molecule has 0 saturated carbocycles. The average molecular weight is 320 g/mol. The summed E-state index contributed by atoms with van der Waals surface area (Å²) in [6.45, 7) is 4.07. The Bertz CT molecular complexity index is 854. The van der Waals surface area contributed by atoms with E-state index in [-0.39, 0.29) is 12.1 Å². The lowest BCUT2D eigenvalue weighted by Gasteiger charge is -2.13. The Hall–Kier alpha value is -2.81. The Morgan fingerprint density at radius 2 is 1.67 bits per heavy atom. The number of benzene rings is 3. The van der Waals surface area contributed by atoms with Crippen LogP contribution in [0.15, 0.2) is 66.7 Å². The topological polar surface area (TPSA) is 35.5 Å². The lowest BCUT2D eigenvalue weighted by Crippen LogP contribution is -2.11. The smallest absolute Gasteiger partial charge is 0.343 e. The molecule has 3 nitrogen and oxygen atoms in total. The number of carbonyl (C=O) groups is 1. The highest BCUT2D eigenvalue weighted by Crippen LogP contribution is 2.23. The highest BCUT2D eigenvalue weighted by atomic mass is 16.5. The third-order valence-electron chi connectivity index (χ3n) is 3.91. The monoisotopic (exact) mass is 320 g/mol. The Labute approximate surface area is 141 Å². The molecule has 1 atom stereocenters. The van der Waals surface area contributed by atoms with Crippen LogP contribution in [0.5, 0.6) is 11.5 Å². The van der Waals surface area contributed by atoms with Crippen molar-refractivity contribution in [2.45, 2.75) is 26.4 Å². The van der Waals surface area contributed by atoms with Gasteiger partial charge in [-0.3, -0.25) is 0 Å². The number of rotatable bonds is 5. The molecular formula is C21H20O3. The maximum Gasteiger partial charge on any atom is 0.343 e. The van der Waals surface area contributed by atoms with E-state index < -0.39 is 0 Å². The molecule has 0 aromatic heterocycles. The van der Waals surface area contributed by atoms with Gasteiger partial charge in [0.25, 0.3) is 0 Å². The zero-order valence-corrected chi connectivity index (χ0v) is 13.9. The molecule has 3 aromatic rings. The average Bonchev–Trinajstić information content (AvgIpc) is 2.61. The van der Waals surface area contributed by atoms with E-state index in [9.17, 15) is 4.79 Å². The summed E-state index contributed by atoms with van der Waals surface area (Å²) in [5.41, 5.74) is 0.530.